The molecular weight excluding hydrogens is 287 g/mol. The minimum absolute atomic E-state index is 0.000864. The second-order valence-corrected chi connectivity index (χ2v) is 5.96. The highest BCUT2D eigenvalue weighted by Gasteiger charge is 2.37. The summed E-state index contributed by atoms with van der Waals surface area (Å²) in [5.74, 6) is -2.68. The molecule has 0 bridgehead atoms. The Hall–Kier alpha value is -0.740. The maximum atomic E-state index is 13.8. The lowest BCUT2D eigenvalue weighted by Gasteiger charge is -2.33. The lowest BCUT2D eigenvalue weighted by molar-refractivity contribution is -0.0493. The number of nitrogens with one attached hydrogen (secondary N) is 1. The van der Waals surface area contributed by atoms with E-state index in [1.165, 1.54) is 12.1 Å². The van der Waals surface area contributed by atoms with E-state index in [0.717, 1.165) is 0 Å². The summed E-state index contributed by atoms with van der Waals surface area (Å²) in [5.41, 5.74) is 0.536. The highest BCUT2D eigenvalue weighted by molar-refractivity contribution is 6.30. The first kappa shape index (κ1) is 15.6. The zero-order valence-electron chi connectivity index (χ0n) is 11.4. The van der Waals surface area contributed by atoms with Gasteiger partial charge in [0.1, 0.15) is 5.82 Å². The van der Waals surface area contributed by atoms with Gasteiger partial charge in [-0.25, -0.2) is 13.2 Å². The lowest BCUT2D eigenvalue weighted by atomic mass is 9.80. The standard InChI is InChI=1S/C15H19ClF3N/c1-20-14(10-4-6-15(18,19)7-5-10)9-11-8-12(16)2-3-13(11)17/h2-3,8,10,14,20H,4-7,9H2,1H3. The lowest BCUT2D eigenvalue weighted by Crippen LogP contribution is -2.39. The summed E-state index contributed by atoms with van der Waals surface area (Å²) in [6, 6.07) is 4.47. The molecule has 1 aliphatic carbocycles. The summed E-state index contributed by atoms with van der Waals surface area (Å²) in [7, 11) is 1.79. The largest absolute Gasteiger partial charge is 0.316 e. The molecule has 1 fully saturated rings. The Kier molecular flexibility index (Phi) is 4.97. The Morgan fingerprint density at radius 1 is 1.35 bits per heavy atom. The Balaban J connectivity index is 2.04. The van der Waals surface area contributed by atoms with Crippen molar-refractivity contribution in [2.75, 3.05) is 7.05 Å². The normalized spacial score (nSPS) is 20.9. The predicted molar refractivity (Wildman–Crippen MR) is 74.9 cm³/mol. The van der Waals surface area contributed by atoms with Crippen molar-refractivity contribution in [3.05, 3.63) is 34.6 Å². The monoisotopic (exact) mass is 305 g/mol. The van der Waals surface area contributed by atoms with Crippen molar-refractivity contribution in [1.82, 2.24) is 5.32 Å². The third-order valence-corrected chi connectivity index (χ3v) is 4.38. The molecule has 1 aromatic rings. The van der Waals surface area contributed by atoms with Crippen molar-refractivity contribution in [1.29, 1.82) is 0 Å². The van der Waals surface area contributed by atoms with Crippen LogP contribution in [0.4, 0.5) is 13.2 Å². The maximum absolute atomic E-state index is 13.8. The Morgan fingerprint density at radius 3 is 2.60 bits per heavy atom. The van der Waals surface area contributed by atoms with Crippen molar-refractivity contribution in [2.24, 2.45) is 5.92 Å². The van der Waals surface area contributed by atoms with Crippen LogP contribution in [0.15, 0.2) is 18.2 Å². The fraction of sp³-hybridized carbons (Fsp3) is 0.600. The fourth-order valence-electron chi connectivity index (χ4n) is 2.91. The molecule has 1 aliphatic rings. The highest BCUT2D eigenvalue weighted by Crippen LogP contribution is 2.38. The summed E-state index contributed by atoms with van der Waals surface area (Å²) in [6.45, 7) is 0. The molecule has 0 aromatic heterocycles. The van der Waals surface area contributed by atoms with Crippen LogP contribution in [0, 0.1) is 11.7 Å². The summed E-state index contributed by atoms with van der Waals surface area (Å²) < 4.78 is 40.1. The molecule has 0 amide bonds. The molecule has 0 heterocycles. The smallest absolute Gasteiger partial charge is 0.248 e. The van der Waals surface area contributed by atoms with Gasteiger partial charge in [0.15, 0.2) is 0 Å². The van der Waals surface area contributed by atoms with E-state index in [0.29, 0.717) is 29.8 Å². The number of hydrogen-bond donors (Lipinski definition) is 1. The minimum Gasteiger partial charge on any atom is -0.316 e. The van der Waals surface area contributed by atoms with E-state index >= 15 is 0 Å². The molecule has 20 heavy (non-hydrogen) atoms. The van der Waals surface area contributed by atoms with Crippen LogP contribution in [0.5, 0.6) is 0 Å². The fourth-order valence-corrected chi connectivity index (χ4v) is 3.10. The molecular formula is C15H19ClF3N. The third kappa shape index (κ3) is 3.89. The molecule has 0 spiro atoms. The number of benzene rings is 1. The van der Waals surface area contributed by atoms with Crippen molar-refractivity contribution in [3.63, 3.8) is 0 Å². The molecule has 1 nitrogen and oxygen atoms in total. The zero-order valence-corrected chi connectivity index (χ0v) is 12.2. The third-order valence-electron chi connectivity index (χ3n) is 4.15. The Labute approximate surface area is 122 Å². The topological polar surface area (TPSA) is 12.0 Å². The molecule has 1 atom stereocenters. The van der Waals surface area contributed by atoms with E-state index < -0.39 is 5.92 Å². The number of halogens is 4. The second kappa shape index (κ2) is 6.35. The predicted octanol–water partition coefficient (Wildman–Crippen LogP) is 4.44. The average Bonchev–Trinajstić information content (AvgIpc) is 2.40. The van der Waals surface area contributed by atoms with Gasteiger partial charge in [0, 0.05) is 23.9 Å². The molecule has 0 radical (unpaired) electrons. The number of rotatable bonds is 4. The van der Waals surface area contributed by atoms with E-state index in [-0.39, 0.29) is 30.6 Å². The summed E-state index contributed by atoms with van der Waals surface area (Å²) in [6.07, 6.45) is 1.27. The number of alkyl halides is 2. The van der Waals surface area contributed by atoms with E-state index in [9.17, 15) is 13.2 Å². The van der Waals surface area contributed by atoms with Gasteiger partial charge < -0.3 is 5.32 Å². The van der Waals surface area contributed by atoms with Crippen LogP contribution < -0.4 is 5.32 Å². The van der Waals surface area contributed by atoms with Gasteiger partial charge in [-0.3, -0.25) is 0 Å². The quantitative estimate of drug-likeness (QED) is 0.867. The first-order chi connectivity index (χ1) is 9.41. The van der Waals surface area contributed by atoms with Gasteiger partial charge in [-0.1, -0.05) is 11.6 Å². The van der Waals surface area contributed by atoms with Gasteiger partial charge in [-0.05, 0) is 56.0 Å². The Bertz CT molecular complexity index is 454. The molecule has 2 rings (SSSR count). The van der Waals surface area contributed by atoms with Gasteiger partial charge in [0.05, 0.1) is 0 Å². The maximum Gasteiger partial charge on any atom is 0.248 e. The van der Waals surface area contributed by atoms with E-state index in [1.807, 2.05) is 0 Å². The van der Waals surface area contributed by atoms with Crippen LogP contribution in [0.2, 0.25) is 5.02 Å². The van der Waals surface area contributed by atoms with E-state index in [4.69, 9.17) is 11.6 Å². The minimum atomic E-state index is -2.53. The summed E-state index contributed by atoms with van der Waals surface area (Å²) in [4.78, 5) is 0. The molecule has 0 saturated heterocycles. The SMILES string of the molecule is CNC(Cc1cc(Cl)ccc1F)C1CCC(F)(F)CC1. The number of hydrogen-bond acceptors (Lipinski definition) is 1. The van der Waals surface area contributed by atoms with Gasteiger partial charge >= 0.3 is 0 Å². The second-order valence-electron chi connectivity index (χ2n) is 5.53. The first-order valence-corrected chi connectivity index (χ1v) is 7.28. The van der Waals surface area contributed by atoms with Crippen molar-refractivity contribution in [3.8, 4) is 0 Å². The summed E-state index contributed by atoms with van der Waals surface area (Å²) in [5, 5.41) is 3.63. The molecule has 5 heteroatoms. The highest BCUT2D eigenvalue weighted by atomic mass is 35.5. The van der Waals surface area contributed by atoms with Gasteiger partial charge in [-0.15, -0.1) is 0 Å². The average molecular weight is 306 g/mol. The Morgan fingerprint density at radius 2 is 2.00 bits per heavy atom. The first-order valence-electron chi connectivity index (χ1n) is 6.90. The van der Waals surface area contributed by atoms with E-state index in [1.54, 1.807) is 13.1 Å². The van der Waals surface area contributed by atoms with E-state index in [2.05, 4.69) is 5.32 Å². The summed E-state index contributed by atoms with van der Waals surface area (Å²) >= 11 is 5.88. The molecule has 1 saturated carbocycles. The van der Waals surface area contributed by atoms with Crippen molar-refractivity contribution < 1.29 is 13.2 Å². The van der Waals surface area contributed by atoms with Crippen molar-refractivity contribution in [2.45, 2.75) is 44.1 Å². The molecule has 0 aliphatic heterocycles. The van der Waals surface area contributed by atoms with Gasteiger partial charge in [-0.2, -0.15) is 0 Å². The molecule has 1 aromatic carbocycles. The van der Waals surface area contributed by atoms with Crippen LogP contribution in [0.3, 0.4) is 0 Å². The zero-order chi connectivity index (χ0) is 14.8. The molecule has 112 valence electrons. The molecule has 1 N–H and O–H groups in total. The van der Waals surface area contributed by atoms with Crippen molar-refractivity contribution >= 4 is 11.6 Å². The van der Waals surface area contributed by atoms with Crippen LogP contribution >= 0.6 is 11.6 Å². The van der Waals surface area contributed by atoms with Crippen LogP contribution in [0.25, 0.3) is 0 Å². The van der Waals surface area contributed by atoms with Gasteiger partial charge in [0.25, 0.3) is 0 Å². The molecule has 1 unspecified atom stereocenters. The van der Waals surface area contributed by atoms with Crippen LogP contribution in [-0.4, -0.2) is 19.0 Å². The van der Waals surface area contributed by atoms with Crippen LogP contribution in [0.1, 0.15) is 31.2 Å². The van der Waals surface area contributed by atoms with Crippen LogP contribution in [-0.2, 0) is 6.42 Å². The van der Waals surface area contributed by atoms with Gasteiger partial charge in [0.2, 0.25) is 5.92 Å². The number of likely N-dealkylation sites (N-methyl/N-ethyl adjacent to an activating group) is 1.